The molecule has 0 spiro atoms. The van der Waals surface area contributed by atoms with E-state index < -0.39 is 0 Å². The van der Waals surface area contributed by atoms with E-state index in [1.165, 1.54) is 39.8 Å². The fourth-order valence-corrected chi connectivity index (χ4v) is 5.97. The first kappa shape index (κ1) is 22.7. The fourth-order valence-electron chi connectivity index (χ4n) is 5.97. The van der Waals surface area contributed by atoms with Crippen LogP contribution in [-0.4, -0.2) is 18.6 Å². The predicted octanol–water partition coefficient (Wildman–Crippen LogP) is 7.30. The summed E-state index contributed by atoms with van der Waals surface area (Å²) in [5.74, 6) is 0.441. The number of benzene rings is 4. The number of ketones is 1. The van der Waals surface area contributed by atoms with Crippen LogP contribution in [-0.2, 0) is 27.4 Å². The molecule has 0 radical (unpaired) electrons. The van der Waals surface area contributed by atoms with E-state index in [1.54, 1.807) is 0 Å². The van der Waals surface area contributed by atoms with Gasteiger partial charge in [-0.05, 0) is 69.8 Å². The Bertz CT molecular complexity index is 1840. The van der Waals surface area contributed by atoms with Gasteiger partial charge in [-0.15, -0.1) is 0 Å². The average Bonchev–Trinajstić information content (AvgIpc) is 3.58. The first-order chi connectivity index (χ1) is 18.5. The first-order valence-electron chi connectivity index (χ1n) is 12.8. The van der Waals surface area contributed by atoms with Crippen LogP contribution in [0.5, 0.6) is 0 Å². The summed E-state index contributed by atoms with van der Waals surface area (Å²) < 4.78 is 0. The highest BCUT2D eigenvalue weighted by Gasteiger charge is 2.41. The molecule has 5 heteroatoms. The second kappa shape index (κ2) is 8.54. The van der Waals surface area contributed by atoms with Crippen LogP contribution in [0.3, 0.4) is 0 Å². The molecule has 1 aliphatic carbocycles. The molecule has 0 saturated carbocycles. The maximum absolute atomic E-state index is 13.6. The van der Waals surface area contributed by atoms with Gasteiger partial charge in [-0.3, -0.25) is 9.79 Å². The van der Waals surface area contributed by atoms with Crippen molar-refractivity contribution in [2.45, 2.75) is 26.7 Å². The van der Waals surface area contributed by atoms with Gasteiger partial charge >= 0.3 is 0 Å². The molecule has 0 aromatic heterocycles. The van der Waals surface area contributed by atoms with Gasteiger partial charge in [0.2, 0.25) is 5.78 Å². The molecule has 4 aromatic rings. The number of nitrogens with one attached hydrogen (secondary N) is 1. The van der Waals surface area contributed by atoms with E-state index in [4.69, 9.17) is 14.8 Å². The van der Waals surface area contributed by atoms with E-state index in [0.29, 0.717) is 23.3 Å². The standard InChI is InChI=1S/C33H26N2O3/c1-18(28-16-24-22-10-6-4-8-20(22)12-14-26(24)34-28)30-32(36)31(33(30)38-37-3)19(2)29-17-25-23-11-7-5-9-21(23)13-15-27(25)35-29/h4-15,34H,16-17H2,1-3H3/b28-18-,31-19+. The van der Waals surface area contributed by atoms with Crippen LogP contribution in [0.2, 0.25) is 0 Å². The van der Waals surface area contributed by atoms with Crippen LogP contribution in [0.4, 0.5) is 11.4 Å². The van der Waals surface area contributed by atoms with Crippen molar-refractivity contribution >= 4 is 44.4 Å². The van der Waals surface area contributed by atoms with Crippen molar-refractivity contribution in [1.29, 1.82) is 0 Å². The van der Waals surface area contributed by atoms with Crippen molar-refractivity contribution < 1.29 is 14.6 Å². The minimum absolute atomic E-state index is 0.0364. The highest BCUT2D eigenvalue weighted by Crippen LogP contribution is 2.44. The summed E-state index contributed by atoms with van der Waals surface area (Å²) in [5.41, 5.74) is 9.18. The zero-order valence-corrected chi connectivity index (χ0v) is 21.5. The Balaban J connectivity index is 1.27. The Kier molecular flexibility index (Phi) is 5.10. The van der Waals surface area contributed by atoms with E-state index in [1.807, 2.05) is 19.9 Å². The lowest BCUT2D eigenvalue weighted by Crippen LogP contribution is -2.28. The minimum Gasteiger partial charge on any atom is -0.358 e. The first-order valence-corrected chi connectivity index (χ1v) is 12.8. The number of fused-ring (bicyclic) bond motifs is 6. The van der Waals surface area contributed by atoms with Gasteiger partial charge in [-0.1, -0.05) is 60.7 Å². The van der Waals surface area contributed by atoms with Crippen molar-refractivity contribution in [1.82, 2.24) is 0 Å². The number of hydrogen-bond donors (Lipinski definition) is 1. The Morgan fingerprint density at radius 1 is 0.816 bits per heavy atom. The lowest BCUT2D eigenvalue weighted by molar-refractivity contribution is -0.236. The van der Waals surface area contributed by atoms with Crippen LogP contribution >= 0.6 is 0 Å². The maximum Gasteiger partial charge on any atom is 0.201 e. The highest BCUT2D eigenvalue weighted by molar-refractivity contribution is 6.26. The van der Waals surface area contributed by atoms with Crippen LogP contribution in [0.15, 0.2) is 112 Å². The van der Waals surface area contributed by atoms with Crippen molar-refractivity contribution in [3.05, 3.63) is 118 Å². The zero-order valence-electron chi connectivity index (χ0n) is 21.5. The minimum atomic E-state index is -0.0364. The van der Waals surface area contributed by atoms with Gasteiger partial charge in [-0.2, -0.15) is 4.89 Å². The quantitative estimate of drug-likeness (QED) is 0.182. The number of hydrogen-bond acceptors (Lipinski definition) is 5. The molecule has 4 aromatic carbocycles. The molecule has 0 bridgehead atoms. The Morgan fingerprint density at radius 2 is 1.50 bits per heavy atom. The number of carbonyl (C=O) groups is 1. The summed E-state index contributed by atoms with van der Waals surface area (Å²) in [6.45, 7) is 3.93. The Hall–Kier alpha value is -4.48. The summed E-state index contributed by atoms with van der Waals surface area (Å²) in [6.07, 6.45) is 1.41. The van der Waals surface area contributed by atoms with E-state index >= 15 is 0 Å². The van der Waals surface area contributed by atoms with Gasteiger partial charge < -0.3 is 10.2 Å². The van der Waals surface area contributed by atoms with Gasteiger partial charge in [0.1, 0.15) is 0 Å². The normalized spacial score (nSPS) is 18.7. The third kappa shape index (κ3) is 3.29. The average molecular weight is 499 g/mol. The maximum atomic E-state index is 13.6. The Morgan fingerprint density at radius 3 is 2.24 bits per heavy atom. The summed E-state index contributed by atoms with van der Waals surface area (Å²) >= 11 is 0. The molecule has 0 unspecified atom stereocenters. The molecule has 0 fully saturated rings. The monoisotopic (exact) mass is 498 g/mol. The predicted molar refractivity (Wildman–Crippen MR) is 152 cm³/mol. The van der Waals surface area contributed by atoms with E-state index in [0.717, 1.165) is 40.4 Å². The molecule has 0 amide bonds. The number of rotatable bonds is 4. The summed E-state index contributed by atoms with van der Waals surface area (Å²) in [5, 5.41) is 8.37. The molecule has 1 N–H and O–H groups in total. The SMILES string of the molecule is COOC1=C(C(/C)=C2/Cc3c(ccc4ccccc34)N2)C(=O)/C1=C(/C)C1=Nc2ccc3ccccc3c2C1. The van der Waals surface area contributed by atoms with Gasteiger partial charge in [0.05, 0.1) is 23.9 Å². The van der Waals surface area contributed by atoms with Crippen molar-refractivity contribution in [2.24, 2.45) is 4.99 Å². The summed E-state index contributed by atoms with van der Waals surface area (Å²) in [6, 6.07) is 25.1. The second-order valence-corrected chi connectivity index (χ2v) is 10.0. The molecule has 2 heterocycles. The molecule has 0 atom stereocenters. The molecule has 38 heavy (non-hydrogen) atoms. The molecular weight excluding hydrogens is 472 g/mol. The number of Topliss-reactive ketones (excluding diaryl/α,β-unsaturated/α-hetero) is 1. The molecule has 7 rings (SSSR count). The lowest BCUT2D eigenvalue weighted by Gasteiger charge is -2.27. The molecule has 5 nitrogen and oxygen atoms in total. The van der Waals surface area contributed by atoms with Crippen molar-refractivity contribution in [2.75, 3.05) is 12.4 Å². The largest absolute Gasteiger partial charge is 0.358 e. The second-order valence-electron chi connectivity index (χ2n) is 10.0. The van der Waals surface area contributed by atoms with Crippen molar-refractivity contribution in [3.8, 4) is 0 Å². The number of carbonyl (C=O) groups excluding carboxylic acids is 1. The van der Waals surface area contributed by atoms with Gasteiger partial charge in [-0.25, -0.2) is 0 Å². The molecule has 0 saturated heterocycles. The van der Waals surface area contributed by atoms with Crippen molar-refractivity contribution in [3.63, 3.8) is 0 Å². The molecule has 186 valence electrons. The van der Waals surface area contributed by atoms with Gasteiger partial charge in [0.15, 0.2) is 5.76 Å². The highest BCUT2D eigenvalue weighted by atomic mass is 17.2. The van der Waals surface area contributed by atoms with Crippen LogP contribution in [0.25, 0.3) is 21.5 Å². The van der Waals surface area contributed by atoms with Crippen LogP contribution in [0.1, 0.15) is 25.0 Å². The van der Waals surface area contributed by atoms with E-state index in [-0.39, 0.29) is 5.78 Å². The number of allylic oxidation sites excluding steroid dienone is 5. The summed E-state index contributed by atoms with van der Waals surface area (Å²) in [7, 11) is 1.47. The topological polar surface area (TPSA) is 59.9 Å². The third-order valence-electron chi connectivity index (χ3n) is 8.01. The number of aliphatic imine (C=N–C) groups is 1. The van der Waals surface area contributed by atoms with E-state index in [2.05, 4.69) is 72.0 Å². The molecular formula is C33H26N2O3. The van der Waals surface area contributed by atoms with Crippen LogP contribution < -0.4 is 5.32 Å². The van der Waals surface area contributed by atoms with Gasteiger partial charge in [0.25, 0.3) is 0 Å². The smallest absolute Gasteiger partial charge is 0.201 e. The fraction of sp³-hybridized carbons (Fsp3) is 0.152. The summed E-state index contributed by atoms with van der Waals surface area (Å²) in [4.78, 5) is 29.3. The number of nitrogens with zero attached hydrogens (tertiary/aromatic N) is 1. The molecule has 2 aliphatic heterocycles. The third-order valence-corrected chi connectivity index (χ3v) is 8.01. The van der Waals surface area contributed by atoms with Gasteiger partial charge in [0, 0.05) is 29.9 Å². The lowest BCUT2D eigenvalue weighted by atomic mass is 9.79. The van der Waals surface area contributed by atoms with Crippen LogP contribution in [0, 0.1) is 0 Å². The zero-order chi connectivity index (χ0) is 26.0. The Labute approximate surface area is 220 Å². The molecule has 3 aliphatic rings. The van der Waals surface area contributed by atoms with E-state index in [9.17, 15) is 4.79 Å². The number of anilines is 1.